The average molecular weight is 393 g/mol. The van der Waals surface area contributed by atoms with Crippen LogP contribution in [0, 0.1) is 12.7 Å². The molecule has 9 heteroatoms. The minimum Gasteiger partial charge on any atom is -0.357 e. The molecule has 2 aromatic rings. The van der Waals surface area contributed by atoms with Gasteiger partial charge >= 0.3 is 10.2 Å². The number of ether oxygens (including phenoxy) is 1. The summed E-state index contributed by atoms with van der Waals surface area (Å²) in [5.74, 6) is -1.23. The first kappa shape index (κ1) is 19.4. The first-order valence-electron chi connectivity index (χ1n) is 8.39. The monoisotopic (exact) mass is 393 g/mol. The largest absolute Gasteiger partial charge is 0.357 e. The maximum Gasteiger partial charge on any atom is 0.306 e. The molecule has 3 rings (SSSR count). The van der Waals surface area contributed by atoms with E-state index >= 15 is 0 Å². The molecule has 1 atom stereocenters. The van der Waals surface area contributed by atoms with Crippen molar-refractivity contribution in [3.63, 3.8) is 0 Å². The Hall–Kier alpha value is -2.36. The normalized spacial score (nSPS) is 20.6. The van der Waals surface area contributed by atoms with Crippen LogP contribution in [0.4, 0.5) is 4.39 Å². The summed E-state index contributed by atoms with van der Waals surface area (Å²) in [5.41, 5.74) is -0.763. The smallest absolute Gasteiger partial charge is 0.306 e. The highest BCUT2D eigenvalue weighted by Gasteiger charge is 2.50. The van der Waals surface area contributed by atoms with Crippen molar-refractivity contribution in [1.29, 1.82) is 0 Å². The zero-order valence-electron chi connectivity index (χ0n) is 15.0. The van der Waals surface area contributed by atoms with Gasteiger partial charge in [-0.2, -0.15) is 8.42 Å². The molecule has 0 radical (unpaired) electrons. The summed E-state index contributed by atoms with van der Waals surface area (Å²) < 4.78 is 48.2. The number of hydrogen-bond donors (Lipinski definition) is 1. The second-order valence-electron chi connectivity index (χ2n) is 6.23. The highest BCUT2D eigenvalue weighted by atomic mass is 32.2. The van der Waals surface area contributed by atoms with Crippen molar-refractivity contribution >= 4 is 16.1 Å². The minimum atomic E-state index is -4.22. The number of rotatable bonds is 5. The Kier molecular flexibility index (Phi) is 5.27. The molecule has 1 fully saturated rings. The summed E-state index contributed by atoms with van der Waals surface area (Å²) in [5, 5.41) is 0. The summed E-state index contributed by atoms with van der Waals surface area (Å²) >= 11 is 0. The Balaban J connectivity index is 1.95. The van der Waals surface area contributed by atoms with Crippen LogP contribution in [0.3, 0.4) is 0 Å². The van der Waals surface area contributed by atoms with E-state index in [0.717, 1.165) is 4.31 Å². The topological polar surface area (TPSA) is 88.6 Å². The molecule has 0 spiro atoms. The van der Waals surface area contributed by atoms with E-state index in [1.807, 2.05) is 0 Å². The van der Waals surface area contributed by atoms with Gasteiger partial charge in [-0.05, 0) is 44.0 Å². The minimum absolute atomic E-state index is 0.140. The molecule has 144 valence electrons. The number of pyridine rings is 1. The highest BCUT2D eigenvalue weighted by Crippen LogP contribution is 2.40. The van der Waals surface area contributed by atoms with E-state index in [-0.39, 0.29) is 23.5 Å². The quantitative estimate of drug-likeness (QED) is 0.840. The van der Waals surface area contributed by atoms with Crippen LogP contribution in [0.2, 0.25) is 0 Å². The Bertz CT molecular complexity index is 952. The molecule has 0 bridgehead atoms. The molecule has 1 N–H and O–H groups in total. The molecular weight excluding hydrogens is 373 g/mol. The van der Waals surface area contributed by atoms with Gasteiger partial charge in [0.05, 0.1) is 11.4 Å². The van der Waals surface area contributed by atoms with E-state index in [9.17, 15) is 17.6 Å². The van der Waals surface area contributed by atoms with Gasteiger partial charge < -0.3 is 4.74 Å². The standard InChI is InChI=1S/C18H20FN3O4S/c1-13-15(19)9-10-16(20-13)18(26-2)11-6-12-22(18)27(24,25)21-17(23)14-7-4-3-5-8-14/h3-5,7-10H,6,11-12H2,1-2H3,(H,21,23). The van der Waals surface area contributed by atoms with Crippen LogP contribution in [0.25, 0.3) is 0 Å². The van der Waals surface area contributed by atoms with Crippen molar-refractivity contribution in [2.45, 2.75) is 25.5 Å². The third-order valence-corrected chi connectivity index (χ3v) is 6.09. The van der Waals surface area contributed by atoms with Crippen LogP contribution in [-0.2, 0) is 20.7 Å². The fourth-order valence-electron chi connectivity index (χ4n) is 3.23. The number of methoxy groups -OCH3 is 1. The molecule has 1 aliphatic rings. The SMILES string of the molecule is COC1(c2ccc(F)c(C)n2)CCCN1S(=O)(=O)NC(=O)c1ccccc1. The van der Waals surface area contributed by atoms with Crippen LogP contribution in [0.1, 0.15) is 34.6 Å². The van der Waals surface area contributed by atoms with E-state index in [4.69, 9.17) is 4.74 Å². The fourth-order valence-corrected chi connectivity index (χ4v) is 4.71. The number of aryl methyl sites for hydroxylation is 1. The lowest BCUT2D eigenvalue weighted by molar-refractivity contribution is -0.0839. The van der Waals surface area contributed by atoms with Crippen LogP contribution in [0.5, 0.6) is 0 Å². The molecule has 7 nitrogen and oxygen atoms in total. The third-order valence-electron chi connectivity index (χ3n) is 4.59. The number of carbonyl (C=O) groups excluding carboxylic acids is 1. The number of benzene rings is 1. The van der Waals surface area contributed by atoms with Gasteiger partial charge in [-0.3, -0.25) is 9.78 Å². The number of nitrogens with zero attached hydrogens (tertiary/aromatic N) is 2. The lowest BCUT2D eigenvalue weighted by atomic mass is 10.1. The van der Waals surface area contributed by atoms with E-state index in [2.05, 4.69) is 9.71 Å². The van der Waals surface area contributed by atoms with Crippen molar-refractivity contribution in [3.05, 3.63) is 65.2 Å². The number of hydrogen-bond acceptors (Lipinski definition) is 5. The maximum atomic E-state index is 13.6. The first-order chi connectivity index (χ1) is 12.8. The summed E-state index contributed by atoms with van der Waals surface area (Å²) in [6, 6.07) is 10.7. The van der Waals surface area contributed by atoms with Gasteiger partial charge in [0.15, 0.2) is 5.72 Å². The third kappa shape index (κ3) is 3.58. The number of nitrogens with one attached hydrogen (secondary N) is 1. The van der Waals surface area contributed by atoms with Crippen molar-refractivity contribution in [3.8, 4) is 0 Å². The predicted molar refractivity (Wildman–Crippen MR) is 96.4 cm³/mol. The van der Waals surface area contributed by atoms with Crippen molar-refractivity contribution in [2.75, 3.05) is 13.7 Å². The molecule has 2 heterocycles. The second-order valence-corrected chi connectivity index (χ2v) is 7.83. The van der Waals surface area contributed by atoms with Crippen molar-refractivity contribution in [2.24, 2.45) is 0 Å². The average Bonchev–Trinajstić information content (AvgIpc) is 3.11. The molecule has 0 aliphatic carbocycles. The zero-order valence-corrected chi connectivity index (χ0v) is 15.8. The van der Waals surface area contributed by atoms with Gasteiger partial charge in [-0.1, -0.05) is 18.2 Å². The van der Waals surface area contributed by atoms with Gasteiger partial charge in [-0.25, -0.2) is 9.11 Å². The Morgan fingerprint density at radius 2 is 1.96 bits per heavy atom. The van der Waals surface area contributed by atoms with Gasteiger partial charge in [0.1, 0.15) is 5.82 Å². The molecule has 1 saturated heterocycles. The Morgan fingerprint density at radius 3 is 2.59 bits per heavy atom. The molecular formula is C18H20FN3O4S. The summed E-state index contributed by atoms with van der Waals surface area (Å²) in [4.78, 5) is 16.5. The lowest BCUT2D eigenvalue weighted by Crippen LogP contribution is -2.52. The molecule has 27 heavy (non-hydrogen) atoms. The molecule has 1 aliphatic heterocycles. The summed E-state index contributed by atoms with van der Waals surface area (Å²) in [7, 11) is -2.85. The Labute approximate surface area is 157 Å². The second kappa shape index (κ2) is 7.34. The van der Waals surface area contributed by atoms with Crippen LogP contribution in [-0.4, -0.2) is 37.3 Å². The molecule has 1 unspecified atom stereocenters. The number of carbonyl (C=O) groups is 1. The first-order valence-corrected chi connectivity index (χ1v) is 9.83. The maximum absolute atomic E-state index is 13.6. The number of halogens is 1. The highest BCUT2D eigenvalue weighted by molar-refractivity contribution is 7.87. The van der Waals surface area contributed by atoms with Crippen molar-refractivity contribution in [1.82, 2.24) is 14.0 Å². The molecule has 1 aromatic heterocycles. The fraction of sp³-hybridized carbons (Fsp3) is 0.333. The molecule has 1 amide bonds. The lowest BCUT2D eigenvalue weighted by Gasteiger charge is -2.35. The molecule has 1 aromatic carbocycles. The van der Waals surface area contributed by atoms with E-state index in [1.165, 1.54) is 38.3 Å². The van der Waals surface area contributed by atoms with Crippen molar-refractivity contribution < 1.29 is 22.3 Å². The van der Waals surface area contributed by atoms with Gasteiger partial charge in [0, 0.05) is 19.2 Å². The van der Waals surface area contributed by atoms with Crippen LogP contribution >= 0.6 is 0 Å². The molecule has 0 saturated carbocycles. The zero-order chi connectivity index (χ0) is 19.7. The van der Waals surface area contributed by atoms with Gasteiger partial charge in [0.2, 0.25) is 0 Å². The predicted octanol–water partition coefficient (Wildman–Crippen LogP) is 2.10. The number of amides is 1. The summed E-state index contributed by atoms with van der Waals surface area (Å²) in [6.45, 7) is 1.64. The van der Waals surface area contributed by atoms with E-state index in [0.29, 0.717) is 12.8 Å². The number of aromatic nitrogens is 1. The van der Waals surface area contributed by atoms with E-state index < -0.39 is 27.7 Å². The Morgan fingerprint density at radius 1 is 1.26 bits per heavy atom. The van der Waals surface area contributed by atoms with Gasteiger partial charge in [-0.15, -0.1) is 4.31 Å². The van der Waals surface area contributed by atoms with Crippen LogP contribution < -0.4 is 4.72 Å². The van der Waals surface area contributed by atoms with Crippen LogP contribution in [0.15, 0.2) is 42.5 Å². The van der Waals surface area contributed by atoms with Gasteiger partial charge in [0.25, 0.3) is 5.91 Å². The van der Waals surface area contributed by atoms with E-state index in [1.54, 1.807) is 18.2 Å². The summed E-state index contributed by atoms with van der Waals surface area (Å²) in [6.07, 6.45) is 0.842.